The summed E-state index contributed by atoms with van der Waals surface area (Å²) in [4.78, 5) is 6.40. The van der Waals surface area contributed by atoms with Crippen LogP contribution in [0.4, 0.5) is 0 Å². The van der Waals surface area contributed by atoms with Crippen LogP contribution in [0.25, 0.3) is 0 Å². The van der Waals surface area contributed by atoms with E-state index in [1.165, 1.54) is 0 Å². The number of rotatable bonds is 5. The molecule has 0 aliphatic carbocycles. The molecule has 19 heavy (non-hydrogen) atoms. The zero-order valence-corrected chi connectivity index (χ0v) is 11.9. The average Bonchev–Trinajstić information content (AvgIpc) is 2.75. The number of aromatic nitrogens is 3. The number of aromatic amines is 1. The first-order valence-corrected chi connectivity index (χ1v) is 8.01. The van der Waals surface area contributed by atoms with Gasteiger partial charge in [-0.2, -0.15) is 5.10 Å². The Morgan fingerprint density at radius 2 is 2.37 bits per heavy atom. The highest BCUT2D eigenvalue weighted by molar-refractivity contribution is 7.88. The molecular weight excluding hydrogens is 270 g/mol. The van der Waals surface area contributed by atoms with Crippen molar-refractivity contribution >= 4 is 10.0 Å². The van der Waals surface area contributed by atoms with Gasteiger partial charge in [-0.15, -0.1) is 0 Å². The van der Waals surface area contributed by atoms with Gasteiger partial charge in [0.25, 0.3) is 0 Å². The molecule has 0 amide bonds. The lowest BCUT2D eigenvalue weighted by molar-refractivity contribution is -0.0333. The first-order valence-electron chi connectivity index (χ1n) is 6.11. The Bertz CT molecular complexity index is 515. The lowest BCUT2D eigenvalue weighted by Crippen LogP contribution is -2.42. The number of nitrogens with one attached hydrogen (secondary N) is 2. The Balaban J connectivity index is 1.84. The van der Waals surface area contributed by atoms with Crippen molar-refractivity contribution in [2.45, 2.75) is 13.0 Å². The second-order valence-corrected chi connectivity index (χ2v) is 6.44. The molecule has 0 bridgehead atoms. The molecule has 1 fully saturated rings. The fourth-order valence-corrected chi connectivity index (χ4v) is 2.42. The Morgan fingerprint density at radius 3 is 3.00 bits per heavy atom. The third-order valence-electron chi connectivity index (χ3n) is 2.85. The van der Waals surface area contributed by atoms with Crippen LogP contribution in [0.3, 0.4) is 0 Å². The van der Waals surface area contributed by atoms with Gasteiger partial charge in [0.05, 0.1) is 12.9 Å². The van der Waals surface area contributed by atoms with E-state index in [2.05, 4.69) is 24.8 Å². The molecule has 0 saturated carbocycles. The molecule has 1 aromatic heterocycles. The van der Waals surface area contributed by atoms with Gasteiger partial charge >= 0.3 is 0 Å². The molecule has 0 aromatic carbocycles. The molecule has 0 unspecified atom stereocenters. The Hall–Kier alpha value is -1.03. The Morgan fingerprint density at radius 1 is 1.58 bits per heavy atom. The summed E-state index contributed by atoms with van der Waals surface area (Å²) in [5.41, 5.74) is 0. The molecule has 1 atom stereocenters. The standard InChI is InChI=1S/C10H19N5O3S/c1-8-12-10(14-13-8)9-7-15(5-6-18-9)4-3-11-19(2,16)17/h9,11H,3-7H2,1-2H3,(H,12,13,14)/t9-/m0/s1. The zero-order chi connectivity index (χ0) is 13.9. The molecular formula is C10H19N5O3S. The van der Waals surface area contributed by atoms with E-state index in [-0.39, 0.29) is 6.10 Å². The van der Waals surface area contributed by atoms with Crippen LogP contribution in [0, 0.1) is 6.92 Å². The van der Waals surface area contributed by atoms with E-state index in [1.54, 1.807) is 0 Å². The fraction of sp³-hybridized carbons (Fsp3) is 0.800. The number of sulfonamides is 1. The fourth-order valence-electron chi connectivity index (χ4n) is 1.95. The molecule has 1 aromatic rings. The van der Waals surface area contributed by atoms with E-state index in [1.807, 2.05) is 6.92 Å². The van der Waals surface area contributed by atoms with Gasteiger partial charge in [0, 0.05) is 26.2 Å². The van der Waals surface area contributed by atoms with Crippen LogP contribution >= 0.6 is 0 Å². The van der Waals surface area contributed by atoms with E-state index in [0.717, 1.165) is 18.6 Å². The molecule has 9 heteroatoms. The largest absolute Gasteiger partial charge is 0.367 e. The van der Waals surface area contributed by atoms with Crippen LogP contribution in [0.5, 0.6) is 0 Å². The number of hydrogen-bond donors (Lipinski definition) is 2. The minimum absolute atomic E-state index is 0.156. The Kier molecular flexibility index (Phi) is 4.50. The summed E-state index contributed by atoms with van der Waals surface area (Å²) in [6, 6.07) is 0. The number of aryl methyl sites for hydroxylation is 1. The highest BCUT2D eigenvalue weighted by Crippen LogP contribution is 2.18. The molecule has 8 nitrogen and oxygen atoms in total. The average molecular weight is 289 g/mol. The van der Waals surface area contributed by atoms with Gasteiger partial charge in [-0.1, -0.05) is 0 Å². The van der Waals surface area contributed by atoms with E-state index >= 15 is 0 Å². The summed E-state index contributed by atoms with van der Waals surface area (Å²) in [5, 5.41) is 6.89. The number of nitrogens with zero attached hydrogens (tertiary/aromatic N) is 3. The van der Waals surface area contributed by atoms with Crippen LogP contribution in [0.1, 0.15) is 17.8 Å². The van der Waals surface area contributed by atoms with Crippen LogP contribution in [0.2, 0.25) is 0 Å². The minimum Gasteiger partial charge on any atom is -0.367 e. The van der Waals surface area contributed by atoms with Gasteiger partial charge in [-0.25, -0.2) is 18.1 Å². The summed E-state index contributed by atoms with van der Waals surface area (Å²) >= 11 is 0. The highest BCUT2D eigenvalue weighted by atomic mass is 32.2. The first kappa shape index (κ1) is 14.4. The predicted molar refractivity (Wildman–Crippen MR) is 69.1 cm³/mol. The van der Waals surface area contributed by atoms with Crippen molar-refractivity contribution in [1.82, 2.24) is 24.8 Å². The van der Waals surface area contributed by atoms with Crippen LogP contribution in [-0.4, -0.2) is 67.5 Å². The van der Waals surface area contributed by atoms with Gasteiger partial charge < -0.3 is 4.74 Å². The number of H-pyrrole nitrogens is 1. The molecule has 2 heterocycles. The van der Waals surface area contributed by atoms with E-state index in [9.17, 15) is 8.42 Å². The van der Waals surface area contributed by atoms with Crippen molar-refractivity contribution in [3.63, 3.8) is 0 Å². The maximum atomic E-state index is 11.0. The summed E-state index contributed by atoms with van der Waals surface area (Å²) < 4.78 is 30.1. The molecule has 1 saturated heterocycles. The van der Waals surface area contributed by atoms with Crippen molar-refractivity contribution in [3.05, 3.63) is 11.6 Å². The Labute approximate surface area is 112 Å². The quantitative estimate of drug-likeness (QED) is 0.724. The van der Waals surface area contributed by atoms with E-state index < -0.39 is 10.0 Å². The van der Waals surface area contributed by atoms with Gasteiger partial charge in [0.2, 0.25) is 10.0 Å². The smallest absolute Gasteiger partial charge is 0.208 e. The molecule has 1 aliphatic rings. The summed E-state index contributed by atoms with van der Waals surface area (Å²) in [7, 11) is -3.12. The predicted octanol–water partition coefficient (Wildman–Crippen LogP) is -0.964. The topological polar surface area (TPSA) is 100 Å². The zero-order valence-electron chi connectivity index (χ0n) is 11.1. The SMILES string of the molecule is Cc1nc([C@@H]2CN(CCNS(C)(=O)=O)CCO2)n[nH]1. The summed E-state index contributed by atoms with van der Waals surface area (Å²) in [6.07, 6.45) is 1.00. The summed E-state index contributed by atoms with van der Waals surface area (Å²) in [5.74, 6) is 1.41. The van der Waals surface area contributed by atoms with Gasteiger partial charge in [-0.05, 0) is 6.92 Å². The molecule has 0 spiro atoms. The molecule has 108 valence electrons. The summed E-state index contributed by atoms with van der Waals surface area (Å²) in [6.45, 7) is 4.94. The first-order chi connectivity index (χ1) is 8.94. The molecule has 2 N–H and O–H groups in total. The van der Waals surface area contributed by atoms with Gasteiger partial charge in [-0.3, -0.25) is 10.00 Å². The van der Waals surface area contributed by atoms with Gasteiger partial charge in [0.1, 0.15) is 11.9 Å². The third kappa shape index (κ3) is 4.53. The second-order valence-electron chi connectivity index (χ2n) is 4.61. The number of ether oxygens (including phenoxy) is 1. The highest BCUT2D eigenvalue weighted by Gasteiger charge is 2.24. The maximum absolute atomic E-state index is 11.0. The van der Waals surface area contributed by atoms with Crippen LogP contribution < -0.4 is 4.72 Å². The van der Waals surface area contributed by atoms with Crippen molar-refractivity contribution in [3.8, 4) is 0 Å². The van der Waals surface area contributed by atoms with Crippen molar-refractivity contribution < 1.29 is 13.2 Å². The molecule has 1 aliphatic heterocycles. The van der Waals surface area contributed by atoms with Crippen molar-refractivity contribution in [1.29, 1.82) is 0 Å². The van der Waals surface area contributed by atoms with E-state index in [4.69, 9.17) is 4.74 Å². The number of hydrogen-bond acceptors (Lipinski definition) is 6. The van der Waals surface area contributed by atoms with Crippen molar-refractivity contribution in [2.24, 2.45) is 0 Å². The van der Waals surface area contributed by atoms with Gasteiger partial charge in [0.15, 0.2) is 5.82 Å². The third-order valence-corrected chi connectivity index (χ3v) is 3.57. The monoisotopic (exact) mass is 289 g/mol. The number of morpholine rings is 1. The van der Waals surface area contributed by atoms with E-state index in [0.29, 0.717) is 32.1 Å². The normalized spacial score (nSPS) is 21.7. The lowest BCUT2D eigenvalue weighted by atomic mass is 10.2. The molecule has 0 radical (unpaired) electrons. The second kappa shape index (κ2) is 5.95. The van der Waals surface area contributed by atoms with Crippen LogP contribution in [0.15, 0.2) is 0 Å². The lowest BCUT2D eigenvalue weighted by Gasteiger charge is -2.31. The molecule has 2 rings (SSSR count). The van der Waals surface area contributed by atoms with Crippen LogP contribution in [-0.2, 0) is 14.8 Å². The van der Waals surface area contributed by atoms with Crippen molar-refractivity contribution in [2.75, 3.05) is 39.0 Å². The maximum Gasteiger partial charge on any atom is 0.208 e. The minimum atomic E-state index is -3.12.